The lowest BCUT2D eigenvalue weighted by Gasteiger charge is -2.24. The molecule has 1 aliphatic heterocycles. The molecular formula is C17H20ClN5O2. The van der Waals surface area contributed by atoms with Crippen molar-refractivity contribution >= 4 is 29.2 Å². The molecule has 25 heavy (non-hydrogen) atoms. The standard InChI is InChI=1S/C17H19N5O2.ClH/c1-22-9-10(7-20-22)14-6-13-11(15-8-19-4-5-24-15)2-3-12(17(18)23)16(13)21-14;/h2-3,6-7,9,15,19,21H,4-5,8H2,1H3,(H2,18,23);1H. The molecule has 4 N–H and O–H groups in total. The maximum atomic E-state index is 11.8. The highest BCUT2D eigenvalue weighted by atomic mass is 35.5. The average molecular weight is 362 g/mol. The van der Waals surface area contributed by atoms with Crippen LogP contribution < -0.4 is 11.1 Å². The summed E-state index contributed by atoms with van der Waals surface area (Å²) in [5.41, 5.74) is 9.67. The van der Waals surface area contributed by atoms with Gasteiger partial charge in [-0.2, -0.15) is 5.10 Å². The second kappa shape index (κ2) is 6.87. The van der Waals surface area contributed by atoms with Gasteiger partial charge in [0.2, 0.25) is 0 Å². The van der Waals surface area contributed by atoms with E-state index in [4.69, 9.17) is 10.5 Å². The number of morpholine rings is 1. The zero-order chi connectivity index (χ0) is 16.7. The molecule has 7 nitrogen and oxygen atoms in total. The highest BCUT2D eigenvalue weighted by Gasteiger charge is 2.22. The summed E-state index contributed by atoms with van der Waals surface area (Å²) in [6, 6.07) is 5.73. The molecule has 1 saturated heterocycles. The van der Waals surface area contributed by atoms with E-state index in [9.17, 15) is 4.79 Å². The normalized spacial score (nSPS) is 17.4. The molecule has 0 bridgehead atoms. The summed E-state index contributed by atoms with van der Waals surface area (Å²) < 4.78 is 7.62. The molecule has 1 aromatic carbocycles. The molecule has 2 aromatic heterocycles. The number of ether oxygens (including phenoxy) is 1. The molecule has 0 radical (unpaired) electrons. The molecule has 3 heterocycles. The van der Waals surface area contributed by atoms with E-state index in [1.165, 1.54) is 0 Å². The summed E-state index contributed by atoms with van der Waals surface area (Å²) in [6.07, 6.45) is 3.67. The zero-order valence-electron chi connectivity index (χ0n) is 13.8. The third kappa shape index (κ3) is 3.13. The van der Waals surface area contributed by atoms with Crippen molar-refractivity contribution in [2.45, 2.75) is 6.10 Å². The van der Waals surface area contributed by atoms with E-state index in [0.29, 0.717) is 12.2 Å². The first-order chi connectivity index (χ1) is 11.6. The Morgan fingerprint density at radius 1 is 1.44 bits per heavy atom. The number of hydrogen-bond donors (Lipinski definition) is 3. The summed E-state index contributed by atoms with van der Waals surface area (Å²) in [7, 11) is 1.87. The minimum absolute atomic E-state index is 0. The number of primary amides is 1. The molecule has 3 aromatic rings. The first-order valence-corrected chi connectivity index (χ1v) is 7.90. The van der Waals surface area contributed by atoms with Crippen LogP contribution in [0, 0.1) is 0 Å². The van der Waals surface area contributed by atoms with E-state index in [2.05, 4.69) is 15.4 Å². The largest absolute Gasteiger partial charge is 0.371 e. The smallest absolute Gasteiger partial charge is 0.250 e. The lowest BCUT2D eigenvalue weighted by atomic mass is 10.00. The Kier molecular flexibility index (Phi) is 4.80. The number of halogens is 1. The number of nitrogens with one attached hydrogen (secondary N) is 2. The summed E-state index contributed by atoms with van der Waals surface area (Å²) >= 11 is 0. The fourth-order valence-corrected chi connectivity index (χ4v) is 3.21. The number of nitrogens with zero attached hydrogens (tertiary/aromatic N) is 2. The average Bonchev–Trinajstić information content (AvgIpc) is 3.20. The van der Waals surface area contributed by atoms with Crippen LogP contribution in [0.15, 0.2) is 30.6 Å². The molecule has 1 atom stereocenters. The Morgan fingerprint density at radius 3 is 2.92 bits per heavy atom. The number of carbonyl (C=O) groups excluding carboxylic acids is 1. The third-order valence-corrected chi connectivity index (χ3v) is 4.38. The van der Waals surface area contributed by atoms with Crippen molar-refractivity contribution in [3.8, 4) is 11.3 Å². The van der Waals surface area contributed by atoms with Crippen LogP contribution in [0.25, 0.3) is 22.2 Å². The fraction of sp³-hybridized carbons (Fsp3) is 0.294. The number of aromatic amines is 1. The fourth-order valence-electron chi connectivity index (χ4n) is 3.21. The quantitative estimate of drug-likeness (QED) is 0.662. The van der Waals surface area contributed by atoms with Crippen LogP contribution in [-0.2, 0) is 11.8 Å². The van der Waals surface area contributed by atoms with Gasteiger partial charge in [0, 0.05) is 43.0 Å². The minimum Gasteiger partial charge on any atom is -0.371 e. The molecule has 132 valence electrons. The highest BCUT2D eigenvalue weighted by molar-refractivity contribution is 6.07. The number of carbonyl (C=O) groups is 1. The molecule has 4 rings (SSSR count). The van der Waals surface area contributed by atoms with Gasteiger partial charge in [-0.1, -0.05) is 6.07 Å². The summed E-state index contributed by atoms with van der Waals surface area (Å²) in [4.78, 5) is 15.1. The molecule has 1 aliphatic rings. The van der Waals surface area contributed by atoms with Crippen molar-refractivity contribution in [1.29, 1.82) is 0 Å². The van der Waals surface area contributed by atoms with Crippen molar-refractivity contribution in [3.05, 3.63) is 41.7 Å². The van der Waals surface area contributed by atoms with Crippen molar-refractivity contribution < 1.29 is 9.53 Å². The number of aryl methyl sites for hydroxylation is 1. The minimum atomic E-state index is -0.450. The van der Waals surface area contributed by atoms with Gasteiger partial charge in [0.1, 0.15) is 0 Å². The topological polar surface area (TPSA) is 98.0 Å². The Morgan fingerprint density at radius 2 is 2.28 bits per heavy atom. The maximum Gasteiger partial charge on any atom is 0.250 e. The van der Waals surface area contributed by atoms with Crippen LogP contribution >= 0.6 is 12.4 Å². The molecule has 1 amide bonds. The van der Waals surface area contributed by atoms with Gasteiger partial charge in [0.05, 0.1) is 30.0 Å². The maximum absolute atomic E-state index is 11.8. The SMILES string of the molecule is Cl.Cn1cc(-c2cc3c(C4CNCCO4)ccc(C(N)=O)c3[nH]2)cn1. The summed E-state index contributed by atoms with van der Waals surface area (Å²) in [5.74, 6) is -0.450. The van der Waals surface area contributed by atoms with E-state index in [0.717, 1.165) is 40.8 Å². The molecule has 0 spiro atoms. The van der Waals surface area contributed by atoms with Crippen LogP contribution in [-0.4, -0.2) is 40.4 Å². The van der Waals surface area contributed by atoms with Gasteiger partial charge in [-0.25, -0.2) is 0 Å². The van der Waals surface area contributed by atoms with E-state index < -0.39 is 5.91 Å². The van der Waals surface area contributed by atoms with Crippen molar-refractivity contribution in [2.24, 2.45) is 12.8 Å². The van der Waals surface area contributed by atoms with Crippen molar-refractivity contribution in [1.82, 2.24) is 20.1 Å². The van der Waals surface area contributed by atoms with Gasteiger partial charge in [-0.3, -0.25) is 9.48 Å². The molecule has 0 aliphatic carbocycles. The molecule has 8 heteroatoms. The number of amides is 1. The van der Waals surface area contributed by atoms with E-state index >= 15 is 0 Å². The first kappa shape index (κ1) is 17.5. The van der Waals surface area contributed by atoms with Crippen LogP contribution in [0.5, 0.6) is 0 Å². The predicted octanol–water partition coefficient (Wildman–Crippen LogP) is 1.75. The first-order valence-electron chi connectivity index (χ1n) is 7.90. The number of benzene rings is 1. The number of aromatic nitrogens is 3. The van der Waals surface area contributed by atoms with Gasteiger partial charge in [-0.15, -0.1) is 12.4 Å². The lowest BCUT2D eigenvalue weighted by molar-refractivity contribution is 0.0286. The molecule has 0 saturated carbocycles. The van der Waals surface area contributed by atoms with E-state index in [1.807, 2.05) is 25.4 Å². The number of hydrogen-bond acceptors (Lipinski definition) is 4. The van der Waals surface area contributed by atoms with Crippen LogP contribution in [0.1, 0.15) is 22.0 Å². The Bertz CT molecular complexity index is 911. The Hall–Kier alpha value is -2.35. The second-order valence-electron chi connectivity index (χ2n) is 6.00. The van der Waals surface area contributed by atoms with E-state index in [-0.39, 0.29) is 18.5 Å². The van der Waals surface area contributed by atoms with Gasteiger partial charge >= 0.3 is 0 Å². The Labute approximate surface area is 150 Å². The number of nitrogens with two attached hydrogens (primary N) is 1. The van der Waals surface area contributed by atoms with Gasteiger partial charge in [0.15, 0.2) is 0 Å². The van der Waals surface area contributed by atoms with Crippen LogP contribution in [0.2, 0.25) is 0 Å². The number of H-pyrrole nitrogens is 1. The third-order valence-electron chi connectivity index (χ3n) is 4.38. The second-order valence-corrected chi connectivity index (χ2v) is 6.00. The van der Waals surface area contributed by atoms with Crippen LogP contribution in [0.4, 0.5) is 0 Å². The number of rotatable bonds is 3. The zero-order valence-corrected chi connectivity index (χ0v) is 14.6. The monoisotopic (exact) mass is 361 g/mol. The highest BCUT2D eigenvalue weighted by Crippen LogP contribution is 2.33. The lowest BCUT2D eigenvalue weighted by Crippen LogP contribution is -2.33. The van der Waals surface area contributed by atoms with Crippen molar-refractivity contribution in [3.63, 3.8) is 0 Å². The molecular weight excluding hydrogens is 342 g/mol. The van der Waals surface area contributed by atoms with Gasteiger partial charge in [0.25, 0.3) is 5.91 Å². The van der Waals surface area contributed by atoms with Gasteiger partial charge < -0.3 is 20.8 Å². The molecule has 1 unspecified atom stereocenters. The van der Waals surface area contributed by atoms with E-state index in [1.54, 1.807) is 16.9 Å². The summed E-state index contributed by atoms with van der Waals surface area (Å²) in [6.45, 7) is 2.27. The number of fused-ring (bicyclic) bond motifs is 1. The van der Waals surface area contributed by atoms with Gasteiger partial charge in [-0.05, 0) is 17.7 Å². The summed E-state index contributed by atoms with van der Waals surface area (Å²) in [5, 5.41) is 8.50. The molecule has 1 fully saturated rings. The van der Waals surface area contributed by atoms with Crippen molar-refractivity contribution in [2.75, 3.05) is 19.7 Å². The predicted molar refractivity (Wildman–Crippen MR) is 97.8 cm³/mol. The van der Waals surface area contributed by atoms with Crippen LogP contribution in [0.3, 0.4) is 0 Å². The Balaban J connectivity index is 0.00000182.